The smallest absolute Gasteiger partial charge is 0.323 e. The largest absolute Gasteiger partial charge is 0.507 e. The Labute approximate surface area is 154 Å². The fraction of sp³-hybridized carbons (Fsp3) is 0.278. The average Bonchev–Trinajstić information content (AvgIpc) is 2.58. The molecule has 8 heteroatoms. The van der Waals surface area contributed by atoms with E-state index in [1.165, 1.54) is 20.1 Å². The van der Waals surface area contributed by atoms with Crippen LogP contribution < -0.4 is 5.56 Å². The van der Waals surface area contributed by atoms with Crippen molar-refractivity contribution >= 4 is 23.5 Å². The van der Waals surface area contributed by atoms with E-state index in [-0.39, 0.29) is 17.7 Å². The van der Waals surface area contributed by atoms with E-state index in [1.54, 1.807) is 24.3 Å². The molecular weight excluding hydrogens is 362 g/mol. The van der Waals surface area contributed by atoms with Crippen molar-refractivity contribution < 1.29 is 24.5 Å². The molecule has 0 amide bonds. The van der Waals surface area contributed by atoms with Gasteiger partial charge < -0.3 is 19.5 Å². The Morgan fingerprint density at radius 2 is 1.88 bits per heavy atom. The van der Waals surface area contributed by atoms with Gasteiger partial charge in [0.15, 0.2) is 0 Å². The summed E-state index contributed by atoms with van der Waals surface area (Å²) in [6.07, 6.45) is -0.197. The molecule has 1 aromatic carbocycles. The number of carbonyl (C=O) groups excluding carboxylic acids is 1. The number of carboxylic acids is 1. The lowest BCUT2D eigenvalue weighted by molar-refractivity contribution is -0.141. The molecule has 0 bridgehead atoms. The lowest BCUT2D eigenvalue weighted by atomic mass is 9.88. The summed E-state index contributed by atoms with van der Waals surface area (Å²) in [5.74, 6) is -2.89. The fourth-order valence-electron chi connectivity index (χ4n) is 2.76. The number of benzene rings is 1. The Bertz CT molecular complexity index is 888. The van der Waals surface area contributed by atoms with E-state index in [1.807, 2.05) is 0 Å². The van der Waals surface area contributed by atoms with E-state index < -0.39 is 30.0 Å². The normalized spacial score (nSPS) is 11.8. The molecule has 138 valence electrons. The third kappa shape index (κ3) is 4.23. The molecule has 0 spiro atoms. The number of ether oxygens (including phenoxy) is 1. The summed E-state index contributed by atoms with van der Waals surface area (Å²) in [6.45, 7) is 0.967. The van der Waals surface area contributed by atoms with Crippen LogP contribution in [0, 0.1) is 6.92 Å². The van der Waals surface area contributed by atoms with Crippen LogP contribution >= 0.6 is 11.6 Å². The average molecular weight is 380 g/mol. The Hall–Kier alpha value is -2.80. The summed E-state index contributed by atoms with van der Waals surface area (Å²) >= 11 is 5.89. The van der Waals surface area contributed by atoms with Gasteiger partial charge in [-0.1, -0.05) is 23.7 Å². The molecule has 1 aromatic heterocycles. The van der Waals surface area contributed by atoms with Crippen molar-refractivity contribution in [2.45, 2.75) is 25.8 Å². The summed E-state index contributed by atoms with van der Waals surface area (Å²) in [4.78, 5) is 35.8. The van der Waals surface area contributed by atoms with Gasteiger partial charge in [0.2, 0.25) is 0 Å². The maximum Gasteiger partial charge on any atom is 0.323 e. The summed E-state index contributed by atoms with van der Waals surface area (Å²) in [5.41, 5.74) is 0.128. The minimum Gasteiger partial charge on any atom is -0.507 e. The van der Waals surface area contributed by atoms with Gasteiger partial charge in [-0.3, -0.25) is 14.4 Å². The van der Waals surface area contributed by atoms with Gasteiger partial charge in [-0.05, 0) is 30.7 Å². The number of rotatable bonds is 6. The Kier molecular flexibility index (Phi) is 6.05. The van der Waals surface area contributed by atoms with Crippen molar-refractivity contribution in [2.24, 2.45) is 0 Å². The molecule has 0 aliphatic rings. The lowest BCUT2D eigenvalue weighted by Crippen LogP contribution is -2.30. The van der Waals surface area contributed by atoms with E-state index in [4.69, 9.17) is 21.4 Å². The first-order valence-corrected chi connectivity index (χ1v) is 8.09. The molecule has 0 saturated heterocycles. The zero-order valence-electron chi connectivity index (χ0n) is 14.2. The third-order valence-electron chi connectivity index (χ3n) is 4.04. The number of hydrogen-bond acceptors (Lipinski definition) is 5. The number of aliphatic carboxylic acids is 1. The topological polar surface area (TPSA) is 106 Å². The monoisotopic (exact) mass is 379 g/mol. The Morgan fingerprint density at radius 3 is 2.42 bits per heavy atom. The number of halogens is 1. The molecule has 0 saturated carbocycles. The summed E-state index contributed by atoms with van der Waals surface area (Å²) in [7, 11) is 1.22. The predicted octanol–water partition coefficient (Wildman–Crippen LogP) is 2.30. The van der Waals surface area contributed by atoms with Gasteiger partial charge in [0.25, 0.3) is 5.56 Å². The molecule has 2 aromatic rings. The van der Waals surface area contributed by atoms with Crippen LogP contribution in [-0.4, -0.2) is 33.8 Å². The number of aryl methyl sites for hydroxylation is 1. The van der Waals surface area contributed by atoms with Crippen molar-refractivity contribution in [3.8, 4) is 5.75 Å². The first-order valence-electron chi connectivity index (χ1n) is 7.72. The predicted molar refractivity (Wildman–Crippen MR) is 94.7 cm³/mol. The van der Waals surface area contributed by atoms with E-state index in [2.05, 4.69) is 0 Å². The van der Waals surface area contributed by atoms with Gasteiger partial charge in [0.1, 0.15) is 12.3 Å². The molecule has 2 N–H and O–H groups in total. The first-order chi connectivity index (χ1) is 12.2. The van der Waals surface area contributed by atoms with E-state index >= 15 is 0 Å². The van der Waals surface area contributed by atoms with Gasteiger partial charge in [-0.15, -0.1) is 0 Å². The SMILES string of the molecule is COC(=O)CC(c1ccc(Cl)cc1)c1c(O)cc(C)n(CC(=O)O)c1=O. The van der Waals surface area contributed by atoms with Crippen molar-refractivity contribution in [3.63, 3.8) is 0 Å². The van der Waals surface area contributed by atoms with E-state index in [0.29, 0.717) is 16.3 Å². The molecule has 7 nitrogen and oxygen atoms in total. The lowest BCUT2D eigenvalue weighted by Gasteiger charge is -2.20. The quantitative estimate of drug-likeness (QED) is 0.746. The van der Waals surface area contributed by atoms with Crippen molar-refractivity contribution in [1.82, 2.24) is 4.57 Å². The number of methoxy groups -OCH3 is 1. The highest BCUT2D eigenvalue weighted by Crippen LogP contribution is 2.33. The summed E-state index contributed by atoms with van der Waals surface area (Å²) in [5, 5.41) is 19.9. The standard InChI is InChI=1S/C18H18ClNO6/c1-10-7-14(21)17(18(25)20(10)9-15(22)23)13(8-16(24)26-2)11-3-5-12(19)6-4-11/h3-7,13,21H,8-9H2,1-2H3,(H,22,23). The highest BCUT2D eigenvalue weighted by atomic mass is 35.5. The first kappa shape index (κ1) is 19.5. The van der Waals surface area contributed by atoms with Crippen LogP contribution in [0.1, 0.15) is 29.2 Å². The number of carboxylic acid groups (broad SMARTS) is 1. The zero-order chi connectivity index (χ0) is 19.4. The van der Waals surface area contributed by atoms with E-state index in [0.717, 1.165) is 4.57 Å². The van der Waals surface area contributed by atoms with Crippen LogP contribution in [0.3, 0.4) is 0 Å². The number of pyridine rings is 1. The number of aromatic nitrogens is 1. The minimum atomic E-state index is -1.19. The molecule has 1 atom stereocenters. The number of esters is 1. The maximum atomic E-state index is 12.9. The molecule has 0 aliphatic carbocycles. The van der Waals surface area contributed by atoms with Gasteiger partial charge in [-0.25, -0.2) is 0 Å². The Morgan fingerprint density at radius 1 is 1.27 bits per heavy atom. The third-order valence-corrected chi connectivity index (χ3v) is 4.29. The maximum absolute atomic E-state index is 12.9. The van der Waals surface area contributed by atoms with Gasteiger partial charge in [-0.2, -0.15) is 0 Å². The second-order valence-electron chi connectivity index (χ2n) is 5.75. The van der Waals surface area contributed by atoms with Crippen LogP contribution in [-0.2, 0) is 20.9 Å². The molecule has 0 aliphatic heterocycles. The van der Waals surface area contributed by atoms with Crippen molar-refractivity contribution in [3.05, 3.63) is 62.5 Å². The van der Waals surface area contributed by atoms with Crippen LogP contribution in [0.5, 0.6) is 5.75 Å². The highest BCUT2D eigenvalue weighted by Gasteiger charge is 2.27. The van der Waals surface area contributed by atoms with Crippen LogP contribution in [0.25, 0.3) is 0 Å². The molecule has 1 heterocycles. The number of hydrogen-bond donors (Lipinski definition) is 2. The molecule has 2 rings (SSSR count). The molecule has 0 fully saturated rings. The van der Waals surface area contributed by atoms with Crippen LogP contribution in [0.4, 0.5) is 0 Å². The second-order valence-corrected chi connectivity index (χ2v) is 6.19. The fourth-order valence-corrected chi connectivity index (χ4v) is 2.89. The number of aromatic hydroxyl groups is 1. The van der Waals surface area contributed by atoms with Crippen LogP contribution in [0.15, 0.2) is 35.1 Å². The van der Waals surface area contributed by atoms with E-state index in [9.17, 15) is 19.5 Å². The molecule has 0 radical (unpaired) electrons. The molecular formula is C18H18ClNO6. The minimum absolute atomic E-state index is 0.0652. The summed E-state index contributed by atoms with van der Waals surface area (Å²) in [6, 6.07) is 7.77. The van der Waals surface area contributed by atoms with Gasteiger partial charge in [0.05, 0.1) is 19.1 Å². The highest BCUT2D eigenvalue weighted by molar-refractivity contribution is 6.30. The van der Waals surface area contributed by atoms with Gasteiger partial charge in [0, 0.05) is 16.6 Å². The number of carbonyl (C=O) groups is 2. The van der Waals surface area contributed by atoms with Crippen LogP contribution in [0.2, 0.25) is 5.02 Å². The molecule has 26 heavy (non-hydrogen) atoms. The number of nitrogens with zero attached hydrogens (tertiary/aromatic N) is 1. The van der Waals surface area contributed by atoms with Crippen molar-refractivity contribution in [2.75, 3.05) is 7.11 Å². The van der Waals surface area contributed by atoms with Crippen molar-refractivity contribution in [1.29, 1.82) is 0 Å². The Balaban J connectivity index is 2.67. The summed E-state index contributed by atoms with van der Waals surface area (Å²) < 4.78 is 5.74. The zero-order valence-corrected chi connectivity index (χ0v) is 15.0. The molecule has 1 unspecified atom stereocenters. The van der Waals surface area contributed by atoms with Gasteiger partial charge >= 0.3 is 11.9 Å². The second kappa shape index (κ2) is 8.05.